The van der Waals surface area contributed by atoms with Crippen LogP contribution >= 0.6 is 0 Å². The van der Waals surface area contributed by atoms with Gasteiger partial charge in [-0.05, 0) is 89.3 Å². The largest absolute Gasteiger partial charge is 0.334 e. The van der Waals surface area contributed by atoms with Gasteiger partial charge in [-0.3, -0.25) is 4.79 Å². The van der Waals surface area contributed by atoms with E-state index >= 15 is 0 Å². The van der Waals surface area contributed by atoms with Gasteiger partial charge in [0.25, 0.3) is 0 Å². The zero-order chi connectivity index (χ0) is 26.9. The molecule has 0 aliphatic heterocycles. The van der Waals surface area contributed by atoms with E-state index in [0.29, 0.717) is 5.56 Å². The number of anilines is 2. The third kappa shape index (κ3) is 4.49. The van der Waals surface area contributed by atoms with Crippen LogP contribution in [0.5, 0.6) is 0 Å². The van der Waals surface area contributed by atoms with Crippen LogP contribution in [0.15, 0.2) is 127 Å². The Labute approximate surface area is 230 Å². The van der Waals surface area contributed by atoms with Gasteiger partial charge in [-0.25, -0.2) is 0 Å². The molecule has 0 aromatic heterocycles. The predicted molar refractivity (Wildman–Crippen MR) is 164 cm³/mol. The number of carbonyl (C=O) groups is 1. The van der Waals surface area contributed by atoms with Gasteiger partial charge in [0.1, 0.15) is 0 Å². The van der Waals surface area contributed by atoms with Crippen LogP contribution in [0, 0.1) is 13.8 Å². The van der Waals surface area contributed by atoms with E-state index < -0.39 is 0 Å². The Balaban J connectivity index is 1.57. The summed E-state index contributed by atoms with van der Waals surface area (Å²) < 4.78 is 0. The number of carbonyl (C=O) groups excluding carboxylic acids is 1. The van der Waals surface area contributed by atoms with Gasteiger partial charge < -0.3 is 4.90 Å². The minimum absolute atomic E-state index is 0.0461. The Morgan fingerprint density at radius 1 is 0.590 bits per heavy atom. The second-order valence-corrected chi connectivity index (χ2v) is 10.3. The van der Waals surface area contributed by atoms with E-state index in [1.54, 1.807) is 0 Å². The molecule has 0 N–H and O–H groups in total. The molecule has 190 valence electrons. The maximum atomic E-state index is 14.3. The van der Waals surface area contributed by atoms with Crippen LogP contribution in [-0.2, 0) is 0 Å². The fourth-order valence-electron chi connectivity index (χ4n) is 5.83. The highest BCUT2D eigenvalue weighted by atomic mass is 16.1. The third-order valence-electron chi connectivity index (χ3n) is 7.80. The molecule has 39 heavy (non-hydrogen) atoms. The maximum absolute atomic E-state index is 14.3. The van der Waals surface area contributed by atoms with Gasteiger partial charge in [0, 0.05) is 22.5 Å². The second-order valence-electron chi connectivity index (χ2n) is 10.3. The average Bonchev–Trinajstić information content (AvgIpc) is 2.97. The molecule has 0 heterocycles. The summed E-state index contributed by atoms with van der Waals surface area (Å²) in [7, 11) is 0. The first-order valence-electron chi connectivity index (χ1n) is 13.5. The fraction of sp³-hybridized carbons (Fsp3) is 0.108. The molecule has 2 heteroatoms. The first kappa shape index (κ1) is 24.6. The van der Waals surface area contributed by atoms with Gasteiger partial charge >= 0.3 is 0 Å². The number of aryl methyl sites for hydroxylation is 2. The summed E-state index contributed by atoms with van der Waals surface area (Å²) in [5, 5.41) is 4.55. The Hall–Kier alpha value is -4.69. The van der Waals surface area contributed by atoms with E-state index in [1.807, 2.05) is 30.3 Å². The molecular formula is C37H31NO. The number of hydrogen-bond acceptors (Lipinski definition) is 2. The summed E-state index contributed by atoms with van der Waals surface area (Å²) in [4.78, 5) is 16.6. The number of benzene rings is 6. The summed E-state index contributed by atoms with van der Waals surface area (Å²) in [6.07, 6.45) is 0. The van der Waals surface area contributed by atoms with E-state index in [2.05, 4.69) is 123 Å². The van der Waals surface area contributed by atoms with Crippen LogP contribution in [-0.4, -0.2) is 5.78 Å². The zero-order valence-corrected chi connectivity index (χ0v) is 22.6. The Bertz CT molecular complexity index is 1770. The minimum Gasteiger partial charge on any atom is -0.334 e. The van der Waals surface area contributed by atoms with Crippen molar-refractivity contribution in [2.75, 3.05) is 4.90 Å². The fourth-order valence-corrected chi connectivity index (χ4v) is 5.83. The van der Waals surface area contributed by atoms with Gasteiger partial charge in [0.2, 0.25) is 0 Å². The monoisotopic (exact) mass is 505 g/mol. The highest BCUT2D eigenvalue weighted by molar-refractivity contribution is 6.14. The molecule has 0 spiro atoms. The van der Waals surface area contributed by atoms with Gasteiger partial charge in [0.05, 0.1) is 6.04 Å². The van der Waals surface area contributed by atoms with Crippen LogP contribution in [0.3, 0.4) is 0 Å². The number of ketones is 1. The van der Waals surface area contributed by atoms with Gasteiger partial charge in [-0.1, -0.05) is 97.1 Å². The smallest absolute Gasteiger partial charge is 0.193 e. The Morgan fingerprint density at radius 2 is 1.18 bits per heavy atom. The summed E-state index contributed by atoms with van der Waals surface area (Å²) in [6.45, 7) is 6.45. The van der Waals surface area contributed by atoms with Crippen molar-refractivity contribution in [3.8, 4) is 0 Å². The van der Waals surface area contributed by atoms with Crippen molar-refractivity contribution < 1.29 is 4.79 Å². The van der Waals surface area contributed by atoms with Gasteiger partial charge in [-0.15, -0.1) is 0 Å². The van der Waals surface area contributed by atoms with Crippen molar-refractivity contribution in [1.29, 1.82) is 0 Å². The summed E-state index contributed by atoms with van der Waals surface area (Å²) >= 11 is 0. The molecule has 6 aromatic carbocycles. The van der Waals surface area contributed by atoms with Crippen LogP contribution < -0.4 is 4.90 Å². The molecule has 0 radical (unpaired) electrons. The molecule has 0 fully saturated rings. The van der Waals surface area contributed by atoms with E-state index in [1.165, 1.54) is 21.9 Å². The molecule has 0 bridgehead atoms. The average molecular weight is 506 g/mol. The van der Waals surface area contributed by atoms with Crippen LogP contribution in [0.4, 0.5) is 11.4 Å². The first-order valence-corrected chi connectivity index (χ1v) is 13.5. The van der Waals surface area contributed by atoms with Crippen molar-refractivity contribution in [1.82, 2.24) is 0 Å². The number of rotatable bonds is 6. The second kappa shape index (κ2) is 10.2. The Kier molecular flexibility index (Phi) is 6.46. The standard InChI is InChI=1S/C37H31NO/c1-25-12-10-14-28-24-29(20-21-32(25)28)37(39)35-23-22-33-26(2)13-11-19-34(33)36(35)27(3)38(30-15-6-4-7-16-30)31-17-8-5-9-18-31/h4-24,27H,1-3H3. The van der Waals surface area contributed by atoms with Crippen molar-refractivity contribution in [2.45, 2.75) is 26.8 Å². The lowest BCUT2D eigenvalue weighted by Crippen LogP contribution is -2.24. The third-order valence-corrected chi connectivity index (χ3v) is 7.80. The quantitative estimate of drug-likeness (QED) is 0.210. The summed E-state index contributed by atoms with van der Waals surface area (Å²) in [5.74, 6) is 0.0461. The lowest BCUT2D eigenvalue weighted by Gasteiger charge is -2.34. The first-order chi connectivity index (χ1) is 19.0. The van der Waals surface area contributed by atoms with Gasteiger partial charge in [0.15, 0.2) is 5.78 Å². The molecular weight excluding hydrogens is 474 g/mol. The van der Waals surface area contributed by atoms with E-state index in [9.17, 15) is 4.79 Å². The van der Waals surface area contributed by atoms with Crippen molar-refractivity contribution >= 4 is 38.7 Å². The molecule has 0 saturated carbocycles. The molecule has 6 aromatic rings. The molecule has 1 unspecified atom stereocenters. The van der Waals surface area contributed by atoms with Crippen LogP contribution in [0.2, 0.25) is 0 Å². The van der Waals surface area contributed by atoms with Gasteiger partial charge in [-0.2, -0.15) is 0 Å². The number of fused-ring (bicyclic) bond motifs is 2. The minimum atomic E-state index is -0.109. The normalized spacial score (nSPS) is 12.0. The van der Waals surface area contributed by atoms with Crippen molar-refractivity contribution in [3.63, 3.8) is 0 Å². The molecule has 0 amide bonds. The molecule has 0 saturated heterocycles. The summed E-state index contributed by atoms with van der Waals surface area (Å²) in [5.41, 5.74) is 7.07. The molecule has 0 aliphatic carbocycles. The zero-order valence-electron chi connectivity index (χ0n) is 22.6. The van der Waals surface area contributed by atoms with E-state index in [-0.39, 0.29) is 11.8 Å². The molecule has 0 aliphatic rings. The van der Waals surface area contributed by atoms with Crippen molar-refractivity contribution in [3.05, 3.63) is 155 Å². The maximum Gasteiger partial charge on any atom is 0.193 e. The van der Waals surface area contributed by atoms with Crippen LogP contribution in [0.25, 0.3) is 21.5 Å². The SMILES string of the molecule is Cc1cccc2cc(C(=O)c3ccc4c(C)cccc4c3C(C)N(c3ccccc3)c3ccccc3)ccc12. The number of para-hydroxylation sites is 2. The van der Waals surface area contributed by atoms with E-state index in [4.69, 9.17) is 0 Å². The highest BCUT2D eigenvalue weighted by Crippen LogP contribution is 2.40. The van der Waals surface area contributed by atoms with Crippen molar-refractivity contribution in [2.24, 2.45) is 0 Å². The molecule has 6 rings (SSSR count). The number of nitrogens with zero attached hydrogens (tertiary/aromatic N) is 1. The highest BCUT2D eigenvalue weighted by Gasteiger charge is 2.26. The lowest BCUT2D eigenvalue weighted by atomic mass is 9.87. The molecule has 2 nitrogen and oxygen atoms in total. The lowest BCUT2D eigenvalue weighted by molar-refractivity contribution is 0.103. The summed E-state index contributed by atoms with van der Waals surface area (Å²) in [6, 6.07) is 43.6. The topological polar surface area (TPSA) is 20.3 Å². The van der Waals surface area contributed by atoms with Crippen LogP contribution in [0.1, 0.15) is 45.6 Å². The predicted octanol–water partition coefficient (Wildman–Crippen LogP) is 9.74. The number of hydrogen-bond donors (Lipinski definition) is 0. The van der Waals surface area contributed by atoms with E-state index in [0.717, 1.165) is 33.3 Å². The Morgan fingerprint density at radius 3 is 1.85 bits per heavy atom. The molecule has 1 atom stereocenters.